The zero-order valence-corrected chi connectivity index (χ0v) is 18.9. The molecule has 3 heteroatoms. The fourth-order valence-electron chi connectivity index (χ4n) is 4.24. The Morgan fingerprint density at radius 3 is 1.56 bits per heavy atom. The summed E-state index contributed by atoms with van der Waals surface area (Å²) in [5, 5.41) is 10.5. The molecule has 1 rings (SSSR count). The van der Waals surface area contributed by atoms with Crippen LogP contribution in [0.4, 0.5) is 0 Å². The minimum absolute atomic E-state index is 0.346. The molecule has 1 heterocycles. The van der Waals surface area contributed by atoms with Gasteiger partial charge in [0, 0.05) is 16.9 Å². The van der Waals surface area contributed by atoms with Gasteiger partial charge >= 0.3 is 5.97 Å². The van der Waals surface area contributed by atoms with E-state index in [1.807, 2.05) is 0 Å². The van der Waals surface area contributed by atoms with Crippen molar-refractivity contribution in [3.05, 3.63) is 0 Å². The highest BCUT2D eigenvalue weighted by atomic mass is 32.2. The van der Waals surface area contributed by atoms with Crippen molar-refractivity contribution in [2.24, 2.45) is 0 Å². The molecule has 1 N–H and O–H groups in total. The number of carbonyl (C=O) groups is 1. The molecule has 0 aromatic heterocycles. The van der Waals surface area contributed by atoms with Crippen LogP contribution in [0.25, 0.3) is 0 Å². The van der Waals surface area contributed by atoms with E-state index in [-0.39, 0.29) is 0 Å². The molecule has 0 amide bonds. The monoisotopic (exact) mass is 398 g/mol. The van der Waals surface area contributed by atoms with E-state index in [1.54, 1.807) is 0 Å². The van der Waals surface area contributed by atoms with Gasteiger partial charge in [-0.15, -0.1) is 0 Å². The average molecular weight is 399 g/mol. The predicted octanol–water partition coefficient (Wildman–Crippen LogP) is 8.38. The van der Waals surface area contributed by atoms with E-state index < -0.39 is 5.97 Å². The molecule has 1 aliphatic rings. The van der Waals surface area contributed by atoms with E-state index in [0.717, 1.165) is 23.3 Å². The van der Waals surface area contributed by atoms with Gasteiger partial charge < -0.3 is 5.11 Å². The van der Waals surface area contributed by atoms with Gasteiger partial charge in [-0.2, -0.15) is 11.8 Å². The maximum atomic E-state index is 10.5. The van der Waals surface area contributed by atoms with Crippen LogP contribution in [-0.4, -0.2) is 21.6 Å². The number of rotatable bonds is 19. The maximum absolute atomic E-state index is 10.5. The topological polar surface area (TPSA) is 37.3 Å². The minimum Gasteiger partial charge on any atom is -0.481 e. The van der Waals surface area contributed by atoms with Crippen molar-refractivity contribution in [1.29, 1.82) is 0 Å². The molecular formula is C24H46O2S. The van der Waals surface area contributed by atoms with Gasteiger partial charge in [0.2, 0.25) is 0 Å². The minimum atomic E-state index is -0.648. The molecule has 1 fully saturated rings. The summed E-state index contributed by atoms with van der Waals surface area (Å²) in [6, 6.07) is 0. The van der Waals surface area contributed by atoms with Gasteiger partial charge in [-0.1, -0.05) is 96.8 Å². The lowest BCUT2D eigenvalue weighted by Gasteiger charge is -2.11. The second-order valence-electron chi connectivity index (χ2n) is 8.63. The number of aliphatic carboxylic acids is 1. The number of hydrogen-bond acceptors (Lipinski definition) is 2. The van der Waals surface area contributed by atoms with Crippen molar-refractivity contribution < 1.29 is 9.90 Å². The van der Waals surface area contributed by atoms with Crippen LogP contribution >= 0.6 is 11.8 Å². The van der Waals surface area contributed by atoms with Crippen molar-refractivity contribution in [3.63, 3.8) is 0 Å². The zero-order chi connectivity index (χ0) is 19.6. The number of carboxylic acid groups (broad SMARTS) is 1. The largest absolute Gasteiger partial charge is 0.481 e. The molecule has 0 bridgehead atoms. The summed E-state index contributed by atoms with van der Waals surface area (Å²) < 4.78 is 0. The number of thioether (sulfide) groups is 1. The fourth-order valence-corrected chi connectivity index (χ4v) is 5.94. The maximum Gasteiger partial charge on any atom is 0.303 e. The summed E-state index contributed by atoms with van der Waals surface area (Å²) in [5.41, 5.74) is 0. The molecule has 0 spiro atoms. The van der Waals surface area contributed by atoms with Crippen molar-refractivity contribution >= 4 is 17.7 Å². The Morgan fingerprint density at radius 1 is 0.704 bits per heavy atom. The van der Waals surface area contributed by atoms with E-state index in [2.05, 4.69) is 18.7 Å². The molecule has 2 unspecified atom stereocenters. The molecule has 0 saturated carbocycles. The lowest BCUT2D eigenvalue weighted by molar-refractivity contribution is -0.137. The lowest BCUT2D eigenvalue weighted by Crippen LogP contribution is -1.98. The highest BCUT2D eigenvalue weighted by molar-refractivity contribution is 8.00. The summed E-state index contributed by atoms with van der Waals surface area (Å²) >= 11 is 2.31. The highest BCUT2D eigenvalue weighted by Crippen LogP contribution is 2.39. The standard InChI is InChI=1S/C24H46O2S/c1-2-3-4-5-6-8-11-14-17-22-20-21-23(27-22)18-15-12-9-7-10-13-16-19-24(25)26/h22-23H,2-21H2,1H3,(H,25,26). The van der Waals surface area contributed by atoms with Gasteiger partial charge in [-0.3, -0.25) is 4.79 Å². The first-order valence-corrected chi connectivity index (χ1v) is 13.0. The molecular weight excluding hydrogens is 352 g/mol. The van der Waals surface area contributed by atoms with Crippen molar-refractivity contribution in [2.45, 2.75) is 146 Å². The number of unbranched alkanes of at least 4 members (excludes halogenated alkanes) is 13. The number of hydrogen-bond donors (Lipinski definition) is 1. The first-order chi connectivity index (χ1) is 13.2. The van der Waals surface area contributed by atoms with Crippen molar-refractivity contribution in [2.75, 3.05) is 0 Å². The molecule has 2 nitrogen and oxygen atoms in total. The van der Waals surface area contributed by atoms with Crippen molar-refractivity contribution in [3.8, 4) is 0 Å². The van der Waals surface area contributed by atoms with Crippen LogP contribution in [0.3, 0.4) is 0 Å². The van der Waals surface area contributed by atoms with E-state index in [4.69, 9.17) is 5.11 Å². The molecule has 27 heavy (non-hydrogen) atoms. The Morgan fingerprint density at radius 2 is 1.11 bits per heavy atom. The molecule has 0 aromatic rings. The van der Waals surface area contributed by atoms with Gasteiger partial charge in [0.05, 0.1) is 0 Å². The third-order valence-electron chi connectivity index (χ3n) is 5.99. The second kappa shape index (κ2) is 17.9. The SMILES string of the molecule is CCCCCCCCCCC1CCC(CCCCCCCCCC(=O)O)S1. The fraction of sp³-hybridized carbons (Fsp3) is 0.958. The van der Waals surface area contributed by atoms with Gasteiger partial charge in [0.1, 0.15) is 0 Å². The Hall–Kier alpha value is -0.180. The van der Waals surface area contributed by atoms with Crippen molar-refractivity contribution in [1.82, 2.24) is 0 Å². The first kappa shape index (κ1) is 24.9. The summed E-state index contributed by atoms with van der Waals surface area (Å²) in [4.78, 5) is 10.5. The quantitative estimate of drug-likeness (QED) is 0.222. The molecule has 0 radical (unpaired) electrons. The Bertz CT molecular complexity index is 345. The Kier molecular flexibility index (Phi) is 16.5. The van der Waals surface area contributed by atoms with Gasteiger partial charge in [-0.25, -0.2) is 0 Å². The van der Waals surface area contributed by atoms with E-state index in [0.29, 0.717) is 6.42 Å². The van der Waals surface area contributed by atoms with Crippen LogP contribution < -0.4 is 0 Å². The molecule has 2 atom stereocenters. The molecule has 1 saturated heterocycles. The molecule has 0 aromatic carbocycles. The third-order valence-corrected chi connectivity index (χ3v) is 7.70. The van der Waals surface area contributed by atoms with Crippen LogP contribution in [-0.2, 0) is 4.79 Å². The van der Waals surface area contributed by atoms with E-state index in [1.165, 1.54) is 109 Å². The summed E-state index contributed by atoms with van der Waals surface area (Å²) in [7, 11) is 0. The predicted molar refractivity (Wildman–Crippen MR) is 121 cm³/mol. The first-order valence-electron chi connectivity index (χ1n) is 12.1. The smallest absolute Gasteiger partial charge is 0.303 e. The zero-order valence-electron chi connectivity index (χ0n) is 18.1. The van der Waals surface area contributed by atoms with Crippen LogP contribution in [0.15, 0.2) is 0 Å². The summed E-state index contributed by atoms with van der Waals surface area (Å²) in [5.74, 6) is -0.648. The molecule has 1 aliphatic heterocycles. The third kappa shape index (κ3) is 15.4. The second-order valence-corrected chi connectivity index (χ2v) is 10.2. The normalized spacial score (nSPS) is 19.6. The van der Waals surface area contributed by atoms with Gasteiger partial charge in [-0.05, 0) is 32.1 Å². The van der Waals surface area contributed by atoms with Crippen LogP contribution in [0.5, 0.6) is 0 Å². The van der Waals surface area contributed by atoms with Crippen LogP contribution in [0.2, 0.25) is 0 Å². The summed E-state index contributed by atoms with van der Waals surface area (Å²) in [6.45, 7) is 2.29. The number of carboxylic acids is 1. The highest BCUT2D eigenvalue weighted by Gasteiger charge is 2.24. The van der Waals surface area contributed by atoms with E-state index >= 15 is 0 Å². The van der Waals surface area contributed by atoms with Crippen LogP contribution in [0, 0.1) is 0 Å². The Balaban J connectivity index is 1.82. The van der Waals surface area contributed by atoms with E-state index in [9.17, 15) is 4.79 Å². The molecule has 0 aliphatic carbocycles. The lowest BCUT2D eigenvalue weighted by atomic mass is 10.0. The van der Waals surface area contributed by atoms with Gasteiger partial charge in [0.25, 0.3) is 0 Å². The summed E-state index contributed by atoms with van der Waals surface area (Å²) in [6.07, 6.45) is 26.2. The Labute approximate surface area is 173 Å². The van der Waals surface area contributed by atoms with Crippen LogP contribution in [0.1, 0.15) is 135 Å². The van der Waals surface area contributed by atoms with Gasteiger partial charge in [0.15, 0.2) is 0 Å². The average Bonchev–Trinajstić information content (AvgIpc) is 3.10. The molecule has 160 valence electrons.